The largest absolute Gasteiger partial charge is 0.465 e. The number of rotatable bonds is 5. The number of carbonyl (C=O) groups excluding carboxylic acids is 3. The normalized spacial score (nSPS) is 37.7. The Kier molecular flexibility index (Phi) is 5.76. The molecule has 1 aliphatic heterocycles. The minimum Gasteiger partial charge on any atom is -0.465 e. The van der Waals surface area contributed by atoms with Gasteiger partial charge in [0.05, 0.1) is 24.9 Å². The Morgan fingerprint density at radius 3 is 2.38 bits per heavy atom. The number of hydrogen-bond donors (Lipinski definition) is 1. The maximum absolute atomic E-state index is 11.6. The highest BCUT2D eigenvalue weighted by molar-refractivity contribution is 5.67. The first-order chi connectivity index (χ1) is 13.6. The third-order valence-electron chi connectivity index (χ3n) is 6.32. The van der Waals surface area contributed by atoms with Crippen molar-refractivity contribution in [2.45, 2.75) is 46.5 Å². The number of esters is 3. The highest BCUT2D eigenvalue weighted by Crippen LogP contribution is 2.69. The molecule has 0 aromatic carbocycles. The lowest BCUT2D eigenvalue weighted by Crippen LogP contribution is -2.41. The zero-order valence-electron chi connectivity index (χ0n) is 17.2. The number of fused-ring (bicyclic) bond motifs is 3. The molecular formula is C21H28O8. The van der Waals surface area contributed by atoms with Gasteiger partial charge in [-0.25, -0.2) is 0 Å². The molecule has 3 aliphatic rings. The third-order valence-corrected chi connectivity index (χ3v) is 6.32. The van der Waals surface area contributed by atoms with Gasteiger partial charge in [-0.3, -0.25) is 14.4 Å². The Hall–Kier alpha value is -2.35. The molecule has 0 unspecified atom stereocenters. The predicted octanol–water partition coefficient (Wildman–Crippen LogP) is 1.72. The number of ether oxygens (including phenoxy) is 4. The predicted molar refractivity (Wildman–Crippen MR) is 99.8 cm³/mol. The van der Waals surface area contributed by atoms with Gasteiger partial charge in [0.2, 0.25) is 6.29 Å². The smallest absolute Gasteiger partial charge is 0.305 e. The van der Waals surface area contributed by atoms with E-state index in [2.05, 4.69) is 6.58 Å². The standard InChI is InChI=1S/C21H28O8/c1-10-6-15(25)18-19(21(18,5)9-28-12(3)23)17-14(7-26-11(2)22)8-27-20(16(10)17)29-13(4)24/h8,15-20,25H,1,6-7,9H2,2-5H3/t15-,16+,17+,18+,19-,20-,21-/m1/s1. The number of hydrogen-bond acceptors (Lipinski definition) is 8. The Labute approximate surface area is 169 Å². The van der Waals surface area contributed by atoms with Gasteiger partial charge in [-0.15, -0.1) is 0 Å². The SMILES string of the molecule is C=C1C[C@@H](O)[C@H]2[C@@H]([C@H]3C(COC(C)=O)=CO[C@H](OC(C)=O)[C@@H]13)[C@]2(C)COC(C)=O. The second-order valence-corrected chi connectivity index (χ2v) is 8.41. The van der Waals surface area contributed by atoms with Gasteiger partial charge in [-0.05, 0) is 18.3 Å². The summed E-state index contributed by atoms with van der Waals surface area (Å²) in [6.45, 7) is 10.3. The summed E-state index contributed by atoms with van der Waals surface area (Å²) in [5.74, 6) is -2.15. The van der Waals surface area contributed by atoms with Crippen LogP contribution in [-0.4, -0.2) is 48.6 Å². The Morgan fingerprint density at radius 2 is 1.79 bits per heavy atom. The molecule has 8 heteroatoms. The van der Waals surface area contributed by atoms with Gasteiger partial charge in [-0.2, -0.15) is 0 Å². The average Bonchev–Trinajstić information content (AvgIpc) is 3.25. The zero-order valence-corrected chi connectivity index (χ0v) is 17.2. The van der Waals surface area contributed by atoms with Crippen LogP contribution in [0.1, 0.15) is 34.1 Å². The molecule has 2 fully saturated rings. The fourth-order valence-corrected chi connectivity index (χ4v) is 5.13. The first-order valence-corrected chi connectivity index (χ1v) is 9.70. The fraction of sp³-hybridized carbons (Fsp3) is 0.667. The summed E-state index contributed by atoms with van der Waals surface area (Å²) in [5, 5.41) is 10.8. The molecule has 2 aliphatic carbocycles. The van der Waals surface area contributed by atoms with Gasteiger partial charge in [0.1, 0.15) is 6.61 Å². The van der Waals surface area contributed by atoms with Crippen molar-refractivity contribution in [3.63, 3.8) is 0 Å². The molecule has 0 radical (unpaired) electrons. The van der Waals surface area contributed by atoms with Crippen LogP contribution in [-0.2, 0) is 33.3 Å². The summed E-state index contributed by atoms with van der Waals surface area (Å²) in [6, 6.07) is 0. The van der Waals surface area contributed by atoms with Gasteiger partial charge in [0.15, 0.2) is 0 Å². The molecule has 0 saturated heterocycles. The van der Waals surface area contributed by atoms with Gasteiger partial charge in [0.25, 0.3) is 0 Å². The summed E-state index contributed by atoms with van der Waals surface area (Å²) >= 11 is 0. The van der Waals surface area contributed by atoms with Crippen LogP contribution >= 0.6 is 0 Å². The number of aliphatic hydroxyl groups is 1. The summed E-state index contributed by atoms with van der Waals surface area (Å²) in [4.78, 5) is 34.3. The van der Waals surface area contributed by atoms with Crippen molar-refractivity contribution >= 4 is 17.9 Å². The molecule has 0 aromatic rings. The summed E-state index contributed by atoms with van der Waals surface area (Å²) in [5.41, 5.74) is 0.983. The molecule has 29 heavy (non-hydrogen) atoms. The molecule has 0 bridgehead atoms. The van der Waals surface area contributed by atoms with E-state index in [0.29, 0.717) is 12.0 Å². The summed E-state index contributed by atoms with van der Waals surface area (Å²) in [7, 11) is 0. The molecule has 1 heterocycles. The first-order valence-electron chi connectivity index (χ1n) is 9.70. The van der Waals surface area contributed by atoms with E-state index >= 15 is 0 Å². The van der Waals surface area contributed by atoms with E-state index < -0.39 is 35.7 Å². The van der Waals surface area contributed by atoms with Gasteiger partial charge in [-0.1, -0.05) is 19.1 Å². The van der Waals surface area contributed by atoms with Gasteiger partial charge < -0.3 is 24.1 Å². The Morgan fingerprint density at radius 1 is 1.14 bits per heavy atom. The minimum absolute atomic E-state index is 0.0273. The third kappa shape index (κ3) is 4.03. The second kappa shape index (κ2) is 7.82. The van der Waals surface area contributed by atoms with Crippen LogP contribution in [0.5, 0.6) is 0 Å². The van der Waals surface area contributed by atoms with Crippen LogP contribution in [0, 0.1) is 29.1 Å². The molecule has 3 rings (SSSR count). The topological polar surface area (TPSA) is 108 Å². The highest BCUT2D eigenvalue weighted by Gasteiger charge is 2.71. The van der Waals surface area contributed by atoms with Crippen LogP contribution in [0.2, 0.25) is 0 Å². The molecule has 2 saturated carbocycles. The summed E-state index contributed by atoms with van der Waals surface area (Å²) in [6.07, 6.45) is 0.242. The quantitative estimate of drug-likeness (QED) is 0.416. The molecule has 0 amide bonds. The summed E-state index contributed by atoms with van der Waals surface area (Å²) < 4.78 is 21.6. The lowest BCUT2D eigenvalue weighted by molar-refractivity contribution is -0.181. The molecule has 7 atom stereocenters. The monoisotopic (exact) mass is 408 g/mol. The van der Waals surface area contributed by atoms with E-state index in [4.69, 9.17) is 18.9 Å². The van der Waals surface area contributed by atoms with Crippen molar-refractivity contribution in [3.8, 4) is 0 Å². The Balaban J connectivity index is 1.98. The van der Waals surface area contributed by atoms with Crippen LogP contribution < -0.4 is 0 Å². The molecule has 8 nitrogen and oxygen atoms in total. The van der Waals surface area contributed by atoms with Crippen LogP contribution in [0.3, 0.4) is 0 Å². The van der Waals surface area contributed by atoms with E-state index in [0.717, 1.165) is 5.57 Å². The van der Waals surface area contributed by atoms with Crippen LogP contribution in [0.15, 0.2) is 24.0 Å². The number of carbonyl (C=O) groups is 3. The van der Waals surface area contributed by atoms with E-state index in [1.54, 1.807) is 0 Å². The van der Waals surface area contributed by atoms with Crippen molar-refractivity contribution in [2.75, 3.05) is 13.2 Å². The van der Waals surface area contributed by atoms with Gasteiger partial charge in [0, 0.05) is 37.7 Å². The first kappa shape index (κ1) is 21.4. The minimum atomic E-state index is -0.879. The van der Waals surface area contributed by atoms with Crippen molar-refractivity contribution in [3.05, 3.63) is 24.0 Å². The average molecular weight is 408 g/mol. The van der Waals surface area contributed by atoms with E-state index in [9.17, 15) is 19.5 Å². The Bertz CT molecular complexity index is 756. The van der Waals surface area contributed by atoms with Gasteiger partial charge >= 0.3 is 17.9 Å². The van der Waals surface area contributed by atoms with Crippen molar-refractivity contribution in [1.29, 1.82) is 0 Å². The van der Waals surface area contributed by atoms with E-state index in [1.807, 2.05) is 6.92 Å². The van der Waals surface area contributed by atoms with Crippen LogP contribution in [0.4, 0.5) is 0 Å². The molecule has 1 N–H and O–H groups in total. The molecule has 0 spiro atoms. The molecule has 160 valence electrons. The van der Waals surface area contributed by atoms with Crippen molar-refractivity contribution < 1.29 is 38.4 Å². The van der Waals surface area contributed by atoms with E-state index in [-0.39, 0.29) is 36.9 Å². The number of aliphatic hydroxyl groups excluding tert-OH is 1. The van der Waals surface area contributed by atoms with Crippen LogP contribution in [0.25, 0.3) is 0 Å². The van der Waals surface area contributed by atoms with E-state index in [1.165, 1.54) is 27.0 Å². The fourth-order valence-electron chi connectivity index (χ4n) is 5.13. The maximum atomic E-state index is 11.6. The van der Waals surface area contributed by atoms with Crippen molar-refractivity contribution in [1.82, 2.24) is 0 Å². The highest BCUT2D eigenvalue weighted by atomic mass is 16.7. The molecule has 0 aromatic heterocycles. The maximum Gasteiger partial charge on any atom is 0.305 e. The lowest BCUT2D eigenvalue weighted by atomic mass is 9.75. The zero-order chi connectivity index (χ0) is 21.5. The second-order valence-electron chi connectivity index (χ2n) is 8.41. The lowest BCUT2D eigenvalue weighted by Gasteiger charge is -2.39. The van der Waals surface area contributed by atoms with Crippen molar-refractivity contribution in [2.24, 2.45) is 29.1 Å². The molecular weight excluding hydrogens is 380 g/mol.